The Bertz CT molecular complexity index is 504. The van der Waals surface area contributed by atoms with Gasteiger partial charge in [-0.2, -0.15) is 0 Å². The van der Waals surface area contributed by atoms with Crippen molar-refractivity contribution in [3.05, 3.63) is 23.3 Å². The van der Waals surface area contributed by atoms with Crippen molar-refractivity contribution in [1.82, 2.24) is 0 Å². The van der Waals surface area contributed by atoms with Crippen molar-refractivity contribution in [1.29, 1.82) is 0 Å². The highest BCUT2D eigenvalue weighted by molar-refractivity contribution is 6.23. The van der Waals surface area contributed by atoms with Gasteiger partial charge in [0.25, 0.3) is 0 Å². The van der Waals surface area contributed by atoms with Crippen molar-refractivity contribution >= 4 is 11.6 Å². The molecular formula is C18H20O2. The molecule has 104 valence electrons. The number of unbranched alkanes of at least 4 members (excludes halogenated alkanes) is 4. The standard InChI is InChI=1S/C18H20O2/c1-3-5-7-9-11-15-16(12-10-8-6-4-2)18(20)14-13-17(15)19/h13-14H,3-8H2,1-2H3. The minimum absolute atomic E-state index is 0.214. The third kappa shape index (κ3) is 4.90. The van der Waals surface area contributed by atoms with Gasteiger partial charge >= 0.3 is 0 Å². The normalized spacial score (nSPS) is 13.7. The number of carbonyl (C=O) groups is 2. The second kappa shape index (κ2) is 8.94. The maximum absolute atomic E-state index is 11.8. The maximum atomic E-state index is 11.8. The van der Waals surface area contributed by atoms with Crippen LogP contribution in [0, 0.1) is 23.7 Å². The molecule has 0 amide bonds. The van der Waals surface area contributed by atoms with E-state index in [1.54, 1.807) is 0 Å². The average Bonchev–Trinajstić information content (AvgIpc) is 2.45. The molecule has 0 bridgehead atoms. The first-order valence-electron chi connectivity index (χ1n) is 7.19. The quantitative estimate of drug-likeness (QED) is 0.445. The van der Waals surface area contributed by atoms with E-state index in [4.69, 9.17) is 0 Å². The SMILES string of the molecule is CCCCC#CC1=C(C#CCCCC)C(=O)C=CC1=O. The lowest BCUT2D eigenvalue weighted by Gasteiger charge is -2.04. The molecule has 0 unspecified atom stereocenters. The molecule has 0 aromatic carbocycles. The highest BCUT2D eigenvalue weighted by Crippen LogP contribution is 2.13. The van der Waals surface area contributed by atoms with E-state index in [1.165, 1.54) is 12.2 Å². The molecule has 0 saturated carbocycles. The van der Waals surface area contributed by atoms with Crippen LogP contribution in [-0.4, -0.2) is 11.6 Å². The summed E-state index contributed by atoms with van der Waals surface area (Å²) in [7, 11) is 0. The first kappa shape index (κ1) is 16.0. The lowest BCUT2D eigenvalue weighted by molar-refractivity contribution is -0.114. The van der Waals surface area contributed by atoms with Gasteiger partial charge < -0.3 is 0 Å². The summed E-state index contributed by atoms with van der Waals surface area (Å²) < 4.78 is 0. The van der Waals surface area contributed by atoms with Crippen molar-refractivity contribution in [3.8, 4) is 23.7 Å². The first-order chi connectivity index (χ1) is 9.70. The molecular weight excluding hydrogens is 248 g/mol. The van der Waals surface area contributed by atoms with Gasteiger partial charge in [-0.1, -0.05) is 50.4 Å². The monoisotopic (exact) mass is 268 g/mol. The zero-order valence-electron chi connectivity index (χ0n) is 12.2. The average molecular weight is 268 g/mol. The number of carbonyl (C=O) groups excluding carboxylic acids is 2. The maximum Gasteiger partial charge on any atom is 0.195 e. The molecule has 0 aromatic rings. The fourth-order valence-corrected chi connectivity index (χ4v) is 1.64. The molecule has 1 rings (SSSR count). The summed E-state index contributed by atoms with van der Waals surface area (Å²) in [6.07, 6.45) is 8.15. The van der Waals surface area contributed by atoms with Crippen molar-refractivity contribution in [2.75, 3.05) is 0 Å². The van der Waals surface area contributed by atoms with Crippen LogP contribution in [-0.2, 0) is 9.59 Å². The van der Waals surface area contributed by atoms with E-state index in [0.29, 0.717) is 0 Å². The number of allylic oxidation sites excluding steroid dienone is 4. The molecule has 0 fully saturated rings. The van der Waals surface area contributed by atoms with Gasteiger partial charge in [0.2, 0.25) is 0 Å². The molecule has 0 aliphatic heterocycles. The van der Waals surface area contributed by atoms with Gasteiger partial charge in [-0.25, -0.2) is 0 Å². The Morgan fingerprint density at radius 2 is 1.20 bits per heavy atom. The third-order valence-corrected chi connectivity index (χ3v) is 2.87. The van der Waals surface area contributed by atoms with Crippen LogP contribution in [0.3, 0.4) is 0 Å². The highest BCUT2D eigenvalue weighted by Gasteiger charge is 2.19. The molecule has 1 aliphatic carbocycles. The van der Waals surface area contributed by atoms with Gasteiger partial charge in [0.1, 0.15) is 0 Å². The number of hydrogen-bond acceptors (Lipinski definition) is 2. The summed E-state index contributed by atoms with van der Waals surface area (Å²) >= 11 is 0. The smallest absolute Gasteiger partial charge is 0.195 e. The van der Waals surface area contributed by atoms with Crippen molar-refractivity contribution < 1.29 is 9.59 Å². The van der Waals surface area contributed by atoms with Crippen LogP contribution < -0.4 is 0 Å². The molecule has 0 atom stereocenters. The molecule has 0 N–H and O–H groups in total. The van der Waals surface area contributed by atoms with E-state index in [2.05, 4.69) is 37.5 Å². The van der Waals surface area contributed by atoms with Crippen LogP contribution in [0.25, 0.3) is 0 Å². The van der Waals surface area contributed by atoms with E-state index in [-0.39, 0.29) is 22.7 Å². The van der Waals surface area contributed by atoms with Crippen LogP contribution in [0.15, 0.2) is 23.3 Å². The Balaban J connectivity index is 2.97. The topological polar surface area (TPSA) is 34.1 Å². The first-order valence-corrected chi connectivity index (χ1v) is 7.19. The van der Waals surface area contributed by atoms with E-state index in [9.17, 15) is 9.59 Å². The van der Waals surface area contributed by atoms with Crippen molar-refractivity contribution in [3.63, 3.8) is 0 Å². The Hall–Kier alpha value is -2.06. The van der Waals surface area contributed by atoms with Crippen molar-refractivity contribution in [2.45, 2.75) is 52.4 Å². The molecule has 0 spiro atoms. The molecule has 20 heavy (non-hydrogen) atoms. The van der Waals surface area contributed by atoms with Gasteiger partial charge in [0.05, 0.1) is 11.1 Å². The lowest BCUT2D eigenvalue weighted by Crippen LogP contribution is -2.12. The molecule has 0 aromatic heterocycles. The van der Waals surface area contributed by atoms with Gasteiger partial charge in [-0.05, 0) is 25.0 Å². The predicted octanol–water partition coefficient (Wildman–Crippen LogP) is 3.38. The van der Waals surface area contributed by atoms with Crippen LogP contribution >= 0.6 is 0 Å². The van der Waals surface area contributed by atoms with Crippen LogP contribution in [0.4, 0.5) is 0 Å². The number of ketones is 2. The zero-order chi connectivity index (χ0) is 14.8. The lowest BCUT2D eigenvalue weighted by atomic mass is 9.95. The minimum atomic E-state index is -0.214. The van der Waals surface area contributed by atoms with Crippen LogP contribution in [0.5, 0.6) is 0 Å². The third-order valence-electron chi connectivity index (χ3n) is 2.87. The van der Waals surface area contributed by atoms with Gasteiger partial charge in [-0.3, -0.25) is 9.59 Å². The summed E-state index contributed by atoms with van der Waals surface area (Å²) in [5.74, 6) is 11.1. The van der Waals surface area contributed by atoms with Crippen molar-refractivity contribution in [2.24, 2.45) is 0 Å². The molecule has 2 heteroatoms. The summed E-state index contributed by atoms with van der Waals surface area (Å²) in [6, 6.07) is 0. The fourth-order valence-electron chi connectivity index (χ4n) is 1.64. The summed E-state index contributed by atoms with van der Waals surface area (Å²) in [6.45, 7) is 4.17. The summed E-state index contributed by atoms with van der Waals surface area (Å²) in [5.41, 5.74) is 0.523. The summed E-state index contributed by atoms with van der Waals surface area (Å²) in [4.78, 5) is 23.7. The molecule has 0 heterocycles. The molecule has 1 aliphatic rings. The van der Waals surface area contributed by atoms with E-state index in [0.717, 1.165) is 38.5 Å². The zero-order valence-corrected chi connectivity index (χ0v) is 12.2. The Labute approximate surface area is 121 Å². The second-order valence-corrected chi connectivity index (χ2v) is 4.62. The largest absolute Gasteiger partial charge is 0.289 e. The number of rotatable bonds is 4. The fraction of sp³-hybridized carbons (Fsp3) is 0.444. The van der Waals surface area contributed by atoms with Gasteiger partial charge in [0, 0.05) is 12.8 Å². The summed E-state index contributed by atoms with van der Waals surface area (Å²) in [5, 5.41) is 0. The predicted molar refractivity (Wildman–Crippen MR) is 80.8 cm³/mol. The molecule has 0 radical (unpaired) electrons. The van der Waals surface area contributed by atoms with E-state index in [1.807, 2.05) is 0 Å². The van der Waals surface area contributed by atoms with Crippen LogP contribution in [0.2, 0.25) is 0 Å². The highest BCUT2D eigenvalue weighted by atomic mass is 16.1. The Kier molecular flexibility index (Phi) is 7.15. The minimum Gasteiger partial charge on any atom is -0.289 e. The number of hydrogen-bond donors (Lipinski definition) is 0. The van der Waals surface area contributed by atoms with Crippen LogP contribution in [0.1, 0.15) is 52.4 Å². The Morgan fingerprint density at radius 3 is 1.55 bits per heavy atom. The van der Waals surface area contributed by atoms with Gasteiger partial charge in [-0.15, -0.1) is 0 Å². The second-order valence-electron chi connectivity index (χ2n) is 4.62. The molecule has 0 saturated heterocycles. The molecule has 2 nitrogen and oxygen atoms in total. The van der Waals surface area contributed by atoms with Gasteiger partial charge in [0.15, 0.2) is 11.6 Å². The van der Waals surface area contributed by atoms with E-state index >= 15 is 0 Å². The van der Waals surface area contributed by atoms with E-state index < -0.39 is 0 Å². The Morgan fingerprint density at radius 1 is 0.800 bits per heavy atom.